The van der Waals surface area contributed by atoms with Gasteiger partial charge in [0.2, 0.25) is 11.8 Å². The van der Waals surface area contributed by atoms with Crippen molar-refractivity contribution in [1.29, 1.82) is 0 Å². The predicted octanol–water partition coefficient (Wildman–Crippen LogP) is 0.893. The van der Waals surface area contributed by atoms with Crippen LogP contribution in [0.4, 0.5) is 0 Å². The molecule has 0 bridgehead atoms. The highest BCUT2D eigenvalue weighted by Crippen LogP contribution is 2.17. The normalized spacial score (nSPS) is 23.9. The summed E-state index contributed by atoms with van der Waals surface area (Å²) in [6.07, 6.45) is 5.08. The number of rotatable bonds is 5. The van der Waals surface area contributed by atoms with E-state index in [1.54, 1.807) is 0 Å². The molecule has 0 aliphatic carbocycles. The third-order valence-corrected chi connectivity index (χ3v) is 4.32. The van der Waals surface area contributed by atoms with E-state index in [4.69, 9.17) is 0 Å². The zero-order valence-corrected chi connectivity index (χ0v) is 12.5. The molecule has 2 fully saturated rings. The number of piperidine rings is 1. The second-order valence-electron chi connectivity index (χ2n) is 6.04. The molecule has 20 heavy (non-hydrogen) atoms. The zero-order valence-electron chi connectivity index (χ0n) is 12.5. The Bertz CT molecular complexity index is 332. The fourth-order valence-corrected chi connectivity index (χ4v) is 3.06. The standard InChI is InChI=1S/C15H27N3O2/c1-2-3-14(19)17-13-5-8-18(9-6-13)15(20)10-12-4-7-16-11-12/h12-13,16H,2-11H2,1H3,(H,17,19). The quantitative estimate of drug-likeness (QED) is 0.787. The molecule has 5 heteroatoms. The van der Waals surface area contributed by atoms with Crippen LogP contribution in [0.3, 0.4) is 0 Å². The summed E-state index contributed by atoms with van der Waals surface area (Å²) in [7, 11) is 0. The molecule has 0 radical (unpaired) electrons. The van der Waals surface area contributed by atoms with E-state index < -0.39 is 0 Å². The summed E-state index contributed by atoms with van der Waals surface area (Å²) in [5.74, 6) is 0.954. The Labute approximate surface area is 121 Å². The summed E-state index contributed by atoms with van der Waals surface area (Å²) in [6.45, 7) is 5.61. The predicted molar refractivity (Wildman–Crippen MR) is 78.2 cm³/mol. The van der Waals surface area contributed by atoms with Crippen LogP contribution in [0, 0.1) is 5.92 Å². The molecule has 0 aromatic rings. The fraction of sp³-hybridized carbons (Fsp3) is 0.867. The van der Waals surface area contributed by atoms with Gasteiger partial charge in [-0.15, -0.1) is 0 Å². The molecule has 0 spiro atoms. The summed E-state index contributed by atoms with van der Waals surface area (Å²) in [5, 5.41) is 6.37. The highest BCUT2D eigenvalue weighted by Gasteiger charge is 2.26. The van der Waals surface area contributed by atoms with Gasteiger partial charge in [0.25, 0.3) is 0 Å². The molecule has 0 saturated carbocycles. The molecule has 2 N–H and O–H groups in total. The molecule has 1 unspecified atom stereocenters. The Morgan fingerprint density at radius 3 is 2.60 bits per heavy atom. The first-order valence-electron chi connectivity index (χ1n) is 7.97. The summed E-state index contributed by atoms with van der Waals surface area (Å²) in [4.78, 5) is 25.7. The maximum absolute atomic E-state index is 12.2. The van der Waals surface area contributed by atoms with Crippen LogP contribution in [0.25, 0.3) is 0 Å². The lowest BCUT2D eigenvalue weighted by atomic mass is 10.0. The zero-order chi connectivity index (χ0) is 14.4. The van der Waals surface area contributed by atoms with Crippen molar-refractivity contribution < 1.29 is 9.59 Å². The van der Waals surface area contributed by atoms with Gasteiger partial charge in [-0.2, -0.15) is 0 Å². The van der Waals surface area contributed by atoms with Gasteiger partial charge in [0.05, 0.1) is 0 Å². The van der Waals surface area contributed by atoms with Crippen molar-refractivity contribution in [3.63, 3.8) is 0 Å². The molecule has 0 aromatic carbocycles. The van der Waals surface area contributed by atoms with Crippen LogP contribution < -0.4 is 10.6 Å². The number of hydrogen-bond acceptors (Lipinski definition) is 3. The number of likely N-dealkylation sites (tertiary alicyclic amines) is 1. The number of nitrogens with one attached hydrogen (secondary N) is 2. The first kappa shape index (κ1) is 15.3. The molecule has 1 atom stereocenters. The Morgan fingerprint density at radius 2 is 2.00 bits per heavy atom. The second kappa shape index (κ2) is 7.62. The molecule has 2 rings (SSSR count). The number of nitrogens with zero attached hydrogens (tertiary/aromatic N) is 1. The molecule has 2 saturated heterocycles. The summed E-state index contributed by atoms with van der Waals surface area (Å²) in [5.41, 5.74) is 0. The van der Waals surface area contributed by atoms with Crippen LogP contribution in [-0.4, -0.2) is 48.9 Å². The third-order valence-electron chi connectivity index (χ3n) is 4.32. The lowest BCUT2D eigenvalue weighted by Crippen LogP contribution is -2.46. The van der Waals surface area contributed by atoms with E-state index in [1.807, 2.05) is 11.8 Å². The minimum absolute atomic E-state index is 0.148. The van der Waals surface area contributed by atoms with Crippen LogP contribution in [0.2, 0.25) is 0 Å². The first-order chi connectivity index (χ1) is 9.69. The van der Waals surface area contributed by atoms with Gasteiger partial charge in [-0.05, 0) is 44.7 Å². The molecule has 0 aromatic heterocycles. The lowest BCUT2D eigenvalue weighted by Gasteiger charge is -2.33. The molecule has 2 heterocycles. The van der Waals surface area contributed by atoms with Crippen LogP contribution in [0.1, 0.15) is 45.4 Å². The monoisotopic (exact) mass is 281 g/mol. The molecule has 114 valence electrons. The highest BCUT2D eigenvalue weighted by atomic mass is 16.2. The van der Waals surface area contributed by atoms with E-state index in [2.05, 4.69) is 10.6 Å². The van der Waals surface area contributed by atoms with E-state index in [9.17, 15) is 9.59 Å². The minimum Gasteiger partial charge on any atom is -0.353 e. The average molecular weight is 281 g/mol. The first-order valence-corrected chi connectivity index (χ1v) is 7.97. The topological polar surface area (TPSA) is 61.4 Å². The molecular weight excluding hydrogens is 254 g/mol. The van der Waals surface area contributed by atoms with Crippen molar-refractivity contribution in [3.05, 3.63) is 0 Å². The Kier molecular flexibility index (Phi) is 5.83. The van der Waals surface area contributed by atoms with Crippen molar-refractivity contribution in [1.82, 2.24) is 15.5 Å². The van der Waals surface area contributed by atoms with Gasteiger partial charge in [0.1, 0.15) is 0 Å². The van der Waals surface area contributed by atoms with E-state index >= 15 is 0 Å². The van der Waals surface area contributed by atoms with Crippen LogP contribution in [0.5, 0.6) is 0 Å². The minimum atomic E-state index is 0.148. The largest absolute Gasteiger partial charge is 0.353 e. The molecular formula is C15H27N3O2. The van der Waals surface area contributed by atoms with Crippen molar-refractivity contribution in [2.24, 2.45) is 5.92 Å². The SMILES string of the molecule is CCCC(=O)NC1CCN(C(=O)CC2CCNC2)CC1. The van der Waals surface area contributed by atoms with E-state index in [1.165, 1.54) is 0 Å². The molecule has 2 aliphatic heterocycles. The number of carbonyl (C=O) groups is 2. The van der Waals surface area contributed by atoms with Gasteiger partial charge >= 0.3 is 0 Å². The molecule has 2 aliphatic rings. The number of carbonyl (C=O) groups excluding carboxylic acids is 2. The lowest BCUT2D eigenvalue weighted by molar-refractivity contribution is -0.133. The second-order valence-corrected chi connectivity index (χ2v) is 6.04. The number of amides is 2. The molecule has 5 nitrogen and oxygen atoms in total. The van der Waals surface area contributed by atoms with Gasteiger partial charge in [0, 0.05) is 32.0 Å². The van der Waals surface area contributed by atoms with Crippen LogP contribution >= 0.6 is 0 Å². The smallest absolute Gasteiger partial charge is 0.222 e. The van der Waals surface area contributed by atoms with Crippen molar-refractivity contribution in [2.45, 2.75) is 51.5 Å². The summed E-state index contributed by atoms with van der Waals surface area (Å²) in [6, 6.07) is 0.256. The highest BCUT2D eigenvalue weighted by molar-refractivity contribution is 5.77. The van der Waals surface area contributed by atoms with Gasteiger partial charge in [-0.3, -0.25) is 9.59 Å². The third kappa shape index (κ3) is 4.47. The summed E-state index contributed by atoms with van der Waals surface area (Å²) >= 11 is 0. The van der Waals surface area contributed by atoms with Gasteiger partial charge in [-0.1, -0.05) is 6.92 Å². The van der Waals surface area contributed by atoms with Crippen LogP contribution in [-0.2, 0) is 9.59 Å². The van der Waals surface area contributed by atoms with Crippen molar-refractivity contribution >= 4 is 11.8 Å². The van der Waals surface area contributed by atoms with Crippen molar-refractivity contribution in [2.75, 3.05) is 26.2 Å². The van der Waals surface area contributed by atoms with E-state index in [-0.39, 0.29) is 17.9 Å². The summed E-state index contributed by atoms with van der Waals surface area (Å²) < 4.78 is 0. The van der Waals surface area contributed by atoms with Gasteiger partial charge < -0.3 is 15.5 Å². The fourth-order valence-electron chi connectivity index (χ4n) is 3.06. The molecule has 2 amide bonds. The van der Waals surface area contributed by atoms with E-state index in [0.29, 0.717) is 18.8 Å². The Hall–Kier alpha value is -1.10. The average Bonchev–Trinajstić information content (AvgIpc) is 2.92. The maximum atomic E-state index is 12.2. The van der Waals surface area contributed by atoms with Gasteiger partial charge in [0.15, 0.2) is 0 Å². The maximum Gasteiger partial charge on any atom is 0.222 e. The van der Waals surface area contributed by atoms with E-state index in [0.717, 1.165) is 51.9 Å². The van der Waals surface area contributed by atoms with Gasteiger partial charge in [-0.25, -0.2) is 0 Å². The van der Waals surface area contributed by atoms with Crippen molar-refractivity contribution in [3.8, 4) is 0 Å². The number of hydrogen-bond donors (Lipinski definition) is 2. The Balaban J connectivity index is 1.67. The van der Waals surface area contributed by atoms with Crippen LogP contribution in [0.15, 0.2) is 0 Å². The Morgan fingerprint density at radius 1 is 1.25 bits per heavy atom.